The highest BCUT2D eigenvalue weighted by Gasteiger charge is 2.23. The zero-order valence-corrected chi connectivity index (χ0v) is 15.8. The summed E-state index contributed by atoms with van der Waals surface area (Å²) in [6.07, 6.45) is 3.54. The van der Waals surface area contributed by atoms with Crippen molar-refractivity contribution in [1.82, 2.24) is 9.97 Å². The molecule has 138 valence electrons. The molecule has 0 radical (unpaired) electrons. The second-order valence-corrected chi connectivity index (χ2v) is 6.63. The van der Waals surface area contributed by atoms with Gasteiger partial charge in [0.1, 0.15) is 0 Å². The lowest BCUT2D eigenvalue weighted by Crippen LogP contribution is -2.11. The summed E-state index contributed by atoms with van der Waals surface area (Å²) in [7, 11) is 1.39. The van der Waals surface area contributed by atoms with Crippen LogP contribution < -0.4 is 0 Å². The normalized spacial score (nSPS) is 11.9. The standard InChI is InChI=1S/C24H20N2O2/c1-16(17-12-14-25-15-13-17)22-20-11-7-6-10-19(20)21(18-8-4-3-5-9-18)23(26-22)24(27)28-2/h3-16H,1-2H3/t16-/m0/s1. The molecule has 2 aromatic heterocycles. The molecule has 4 nitrogen and oxygen atoms in total. The summed E-state index contributed by atoms with van der Waals surface area (Å²) in [6, 6.07) is 21.9. The summed E-state index contributed by atoms with van der Waals surface area (Å²) in [5.74, 6) is -0.436. The van der Waals surface area contributed by atoms with Crippen molar-refractivity contribution in [1.29, 1.82) is 0 Å². The topological polar surface area (TPSA) is 52.1 Å². The maximum Gasteiger partial charge on any atom is 0.357 e. The van der Waals surface area contributed by atoms with Crippen molar-refractivity contribution in [2.45, 2.75) is 12.8 Å². The van der Waals surface area contributed by atoms with Crippen molar-refractivity contribution >= 4 is 16.7 Å². The predicted molar refractivity (Wildman–Crippen MR) is 110 cm³/mol. The van der Waals surface area contributed by atoms with Gasteiger partial charge in [-0.3, -0.25) is 4.98 Å². The van der Waals surface area contributed by atoms with E-state index in [0.29, 0.717) is 5.69 Å². The number of benzene rings is 2. The van der Waals surface area contributed by atoms with Crippen molar-refractivity contribution in [2.75, 3.05) is 7.11 Å². The molecule has 0 aliphatic carbocycles. The van der Waals surface area contributed by atoms with Crippen LogP contribution in [0.1, 0.15) is 34.6 Å². The van der Waals surface area contributed by atoms with Crippen LogP contribution in [0.15, 0.2) is 79.1 Å². The number of esters is 1. The van der Waals surface area contributed by atoms with Gasteiger partial charge in [0, 0.05) is 29.3 Å². The number of nitrogens with zero attached hydrogens (tertiary/aromatic N) is 2. The Kier molecular flexibility index (Phi) is 4.85. The summed E-state index contributed by atoms with van der Waals surface area (Å²) < 4.78 is 5.08. The average molecular weight is 368 g/mol. The lowest BCUT2D eigenvalue weighted by molar-refractivity contribution is 0.0595. The SMILES string of the molecule is COC(=O)c1nc([C@@H](C)c2ccncc2)c2ccccc2c1-c1ccccc1. The lowest BCUT2D eigenvalue weighted by atomic mass is 9.90. The number of fused-ring (bicyclic) bond motifs is 1. The van der Waals surface area contributed by atoms with E-state index in [2.05, 4.69) is 18.0 Å². The van der Waals surface area contributed by atoms with Gasteiger partial charge in [-0.25, -0.2) is 9.78 Å². The van der Waals surface area contributed by atoms with E-state index in [-0.39, 0.29) is 5.92 Å². The molecule has 0 amide bonds. The number of hydrogen-bond acceptors (Lipinski definition) is 4. The van der Waals surface area contributed by atoms with E-state index < -0.39 is 5.97 Å². The van der Waals surface area contributed by atoms with Crippen LogP contribution in [0.2, 0.25) is 0 Å². The Labute approximate surface area is 163 Å². The van der Waals surface area contributed by atoms with Gasteiger partial charge >= 0.3 is 5.97 Å². The van der Waals surface area contributed by atoms with Crippen molar-refractivity contribution < 1.29 is 9.53 Å². The van der Waals surface area contributed by atoms with Crippen LogP contribution in [0, 0.1) is 0 Å². The number of pyridine rings is 2. The Bertz CT molecular complexity index is 1130. The highest BCUT2D eigenvalue weighted by atomic mass is 16.5. The Morgan fingerprint density at radius 3 is 2.21 bits per heavy atom. The number of ether oxygens (including phenoxy) is 1. The molecule has 4 rings (SSSR count). The molecule has 28 heavy (non-hydrogen) atoms. The van der Waals surface area contributed by atoms with Crippen LogP contribution in [0.5, 0.6) is 0 Å². The number of carbonyl (C=O) groups is 1. The van der Waals surface area contributed by atoms with Gasteiger partial charge in [0.15, 0.2) is 5.69 Å². The first-order chi connectivity index (χ1) is 13.7. The van der Waals surface area contributed by atoms with E-state index in [1.807, 2.05) is 60.7 Å². The summed E-state index contributed by atoms with van der Waals surface area (Å²) >= 11 is 0. The van der Waals surface area contributed by atoms with Crippen molar-refractivity contribution in [3.63, 3.8) is 0 Å². The molecular weight excluding hydrogens is 348 g/mol. The molecule has 0 N–H and O–H groups in total. The van der Waals surface area contributed by atoms with Crippen molar-refractivity contribution in [3.8, 4) is 11.1 Å². The number of aromatic nitrogens is 2. The first-order valence-corrected chi connectivity index (χ1v) is 9.17. The molecule has 1 atom stereocenters. The van der Waals surface area contributed by atoms with Gasteiger partial charge in [-0.2, -0.15) is 0 Å². The minimum atomic E-state index is -0.437. The molecule has 0 fully saturated rings. The van der Waals surface area contributed by atoms with Gasteiger partial charge in [-0.15, -0.1) is 0 Å². The quantitative estimate of drug-likeness (QED) is 0.463. The molecule has 0 spiro atoms. The number of methoxy groups -OCH3 is 1. The fraction of sp³-hybridized carbons (Fsp3) is 0.125. The maximum absolute atomic E-state index is 12.7. The second-order valence-electron chi connectivity index (χ2n) is 6.63. The number of rotatable bonds is 4. The van der Waals surface area contributed by atoms with E-state index in [4.69, 9.17) is 9.72 Å². The molecule has 0 aliphatic rings. The molecule has 4 aromatic rings. The summed E-state index contributed by atoms with van der Waals surface area (Å²) in [4.78, 5) is 21.6. The minimum absolute atomic E-state index is 0.00105. The van der Waals surface area contributed by atoms with Crippen LogP contribution in [0.3, 0.4) is 0 Å². The highest BCUT2D eigenvalue weighted by molar-refractivity contribution is 6.07. The average Bonchev–Trinajstić information content (AvgIpc) is 2.78. The molecular formula is C24H20N2O2. The van der Waals surface area contributed by atoms with E-state index >= 15 is 0 Å². The zero-order chi connectivity index (χ0) is 19.5. The molecule has 0 unspecified atom stereocenters. The molecule has 0 saturated carbocycles. The van der Waals surface area contributed by atoms with E-state index in [1.165, 1.54) is 7.11 Å². The first kappa shape index (κ1) is 17.9. The maximum atomic E-state index is 12.7. The number of hydrogen-bond donors (Lipinski definition) is 0. The van der Waals surface area contributed by atoms with E-state index in [0.717, 1.165) is 33.2 Å². The summed E-state index contributed by atoms with van der Waals surface area (Å²) in [6.45, 7) is 2.09. The predicted octanol–water partition coefficient (Wildman–Crippen LogP) is 5.24. The van der Waals surface area contributed by atoms with Crippen LogP contribution >= 0.6 is 0 Å². The first-order valence-electron chi connectivity index (χ1n) is 9.17. The van der Waals surface area contributed by atoms with Gasteiger partial charge in [-0.05, 0) is 28.6 Å². The van der Waals surface area contributed by atoms with Gasteiger partial charge < -0.3 is 4.74 Å². The van der Waals surface area contributed by atoms with Crippen LogP contribution in [0.4, 0.5) is 0 Å². The molecule has 0 saturated heterocycles. The second kappa shape index (κ2) is 7.61. The zero-order valence-electron chi connectivity index (χ0n) is 15.8. The minimum Gasteiger partial charge on any atom is -0.464 e. The molecule has 0 bridgehead atoms. The Hall–Kier alpha value is -3.53. The molecule has 0 aliphatic heterocycles. The third-order valence-electron chi connectivity index (χ3n) is 5.00. The van der Waals surface area contributed by atoms with Crippen molar-refractivity contribution in [3.05, 3.63) is 96.1 Å². The lowest BCUT2D eigenvalue weighted by Gasteiger charge is -2.19. The van der Waals surface area contributed by atoms with Crippen LogP contribution in [-0.4, -0.2) is 23.0 Å². The Morgan fingerprint density at radius 2 is 1.54 bits per heavy atom. The van der Waals surface area contributed by atoms with Gasteiger partial charge in [0.05, 0.1) is 12.8 Å². The van der Waals surface area contributed by atoms with E-state index in [9.17, 15) is 4.79 Å². The molecule has 2 aromatic carbocycles. The van der Waals surface area contributed by atoms with E-state index in [1.54, 1.807) is 12.4 Å². The van der Waals surface area contributed by atoms with Gasteiger partial charge in [0.2, 0.25) is 0 Å². The molecule has 4 heteroatoms. The monoisotopic (exact) mass is 368 g/mol. The van der Waals surface area contributed by atoms with Gasteiger partial charge in [-0.1, -0.05) is 61.5 Å². The third-order valence-corrected chi connectivity index (χ3v) is 5.00. The largest absolute Gasteiger partial charge is 0.464 e. The fourth-order valence-electron chi connectivity index (χ4n) is 3.57. The van der Waals surface area contributed by atoms with Crippen LogP contribution in [0.25, 0.3) is 21.9 Å². The summed E-state index contributed by atoms with van der Waals surface area (Å²) in [5, 5.41) is 2.01. The Balaban J connectivity index is 2.05. The number of carbonyl (C=O) groups excluding carboxylic acids is 1. The Morgan fingerprint density at radius 1 is 0.893 bits per heavy atom. The fourth-order valence-corrected chi connectivity index (χ4v) is 3.57. The third kappa shape index (κ3) is 3.14. The highest BCUT2D eigenvalue weighted by Crippen LogP contribution is 2.37. The van der Waals surface area contributed by atoms with Crippen LogP contribution in [-0.2, 0) is 4.74 Å². The molecule has 2 heterocycles. The smallest absolute Gasteiger partial charge is 0.357 e. The summed E-state index contributed by atoms with van der Waals surface area (Å²) in [5.41, 5.74) is 4.02. The van der Waals surface area contributed by atoms with Gasteiger partial charge in [0.25, 0.3) is 0 Å². The van der Waals surface area contributed by atoms with Crippen molar-refractivity contribution in [2.24, 2.45) is 0 Å².